The van der Waals surface area contributed by atoms with E-state index in [0.29, 0.717) is 0 Å². The van der Waals surface area contributed by atoms with Gasteiger partial charge in [0.25, 0.3) is 0 Å². The smallest absolute Gasteiger partial charge is 0.0454 e. The first-order chi connectivity index (χ1) is 9.15. The summed E-state index contributed by atoms with van der Waals surface area (Å²) in [6.07, 6.45) is 3.12. The van der Waals surface area contributed by atoms with Crippen LogP contribution in [-0.2, 0) is 6.42 Å². The first-order valence-corrected chi connectivity index (χ1v) is 7.17. The molecular formula is C16H23N3. The van der Waals surface area contributed by atoms with Gasteiger partial charge in [-0.3, -0.25) is 4.90 Å². The van der Waals surface area contributed by atoms with Gasteiger partial charge in [-0.2, -0.15) is 0 Å². The summed E-state index contributed by atoms with van der Waals surface area (Å²) in [6, 6.07) is 8.91. The van der Waals surface area contributed by atoms with Gasteiger partial charge in [0.2, 0.25) is 0 Å². The predicted octanol–water partition coefficient (Wildman–Crippen LogP) is 2.39. The van der Waals surface area contributed by atoms with Crippen molar-refractivity contribution in [2.24, 2.45) is 0 Å². The van der Waals surface area contributed by atoms with Crippen molar-refractivity contribution in [3.63, 3.8) is 0 Å². The molecule has 0 atom stereocenters. The Morgan fingerprint density at radius 1 is 1.16 bits per heavy atom. The maximum atomic E-state index is 3.43. The molecule has 1 aromatic carbocycles. The molecule has 1 aliphatic rings. The Labute approximate surface area is 115 Å². The summed E-state index contributed by atoms with van der Waals surface area (Å²) in [5.74, 6) is 0. The van der Waals surface area contributed by atoms with Gasteiger partial charge in [-0.25, -0.2) is 0 Å². The Bertz CT molecular complexity index is 550. The van der Waals surface area contributed by atoms with Gasteiger partial charge in [-0.15, -0.1) is 0 Å². The fourth-order valence-electron chi connectivity index (χ4n) is 3.09. The van der Waals surface area contributed by atoms with E-state index < -0.39 is 0 Å². The second-order valence-corrected chi connectivity index (χ2v) is 6.13. The number of H-pyrrole nitrogens is 1. The van der Waals surface area contributed by atoms with E-state index >= 15 is 0 Å². The summed E-state index contributed by atoms with van der Waals surface area (Å²) < 4.78 is 0. The van der Waals surface area contributed by atoms with E-state index in [0.717, 1.165) is 32.6 Å². The first kappa shape index (κ1) is 12.7. The van der Waals surface area contributed by atoms with E-state index in [9.17, 15) is 0 Å². The molecule has 0 radical (unpaired) electrons. The number of fused-ring (bicyclic) bond motifs is 1. The Hall–Kier alpha value is -1.32. The van der Waals surface area contributed by atoms with Crippen molar-refractivity contribution in [2.45, 2.75) is 25.8 Å². The van der Waals surface area contributed by atoms with Crippen LogP contribution in [0.1, 0.15) is 19.4 Å². The van der Waals surface area contributed by atoms with Gasteiger partial charge >= 0.3 is 0 Å². The van der Waals surface area contributed by atoms with Crippen LogP contribution in [0.2, 0.25) is 0 Å². The van der Waals surface area contributed by atoms with Gasteiger partial charge in [-0.05, 0) is 49.4 Å². The molecule has 19 heavy (non-hydrogen) atoms. The van der Waals surface area contributed by atoms with E-state index in [1.165, 1.54) is 16.5 Å². The highest BCUT2D eigenvalue weighted by Gasteiger charge is 2.27. The molecule has 2 N–H and O–H groups in total. The molecule has 0 bridgehead atoms. The zero-order valence-electron chi connectivity index (χ0n) is 11.9. The highest BCUT2D eigenvalue weighted by Crippen LogP contribution is 2.23. The molecule has 1 aliphatic heterocycles. The van der Waals surface area contributed by atoms with E-state index in [-0.39, 0.29) is 5.54 Å². The van der Waals surface area contributed by atoms with Gasteiger partial charge in [0.15, 0.2) is 0 Å². The number of piperazine rings is 1. The van der Waals surface area contributed by atoms with Crippen molar-refractivity contribution in [3.8, 4) is 0 Å². The number of hydrogen-bond acceptors (Lipinski definition) is 2. The zero-order chi connectivity index (χ0) is 13.3. The third-order valence-corrected chi connectivity index (χ3v) is 4.23. The Balaban J connectivity index is 1.78. The summed E-state index contributed by atoms with van der Waals surface area (Å²) in [6.45, 7) is 9.25. The van der Waals surface area contributed by atoms with Crippen LogP contribution in [0, 0.1) is 0 Å². The van der Waals surface area contributed by atoms with Crippen LogP contribution >= 0.6 is 0 Å². The molecule has 3 heteroatoms. The second-order valence-electron chi connectivity index (χ2n) is 6.13. The highest BCUT2D eigenvalue weighted by atomic mass is 15.2. The third-order valence-electron chi connectivity index (χ3n) is 4.23. The minimum atomic E-state index is 0.228. The number of hydrogen-bond donors (Lipinski definition) is 2. The molecule has 0 spiro atoms. The van der Waals surface area contributed by atoms with Gasteiger partial charge in [0.05, 0.1) is 0 Å². The molecule has 0 aliphatic carbocycles. The van der Waals surface area contributed by atoms with Crippen LogP contribution < -0.4 is 5.32 Å². The fraction of sp³-hybridized carbons (Fsp3) is 0.500. The Kier molecular flexibility index (Phi) is 3.33. The first-order valence-electron chi connectivity index (χ1n) is 7.17. The van der Waals surface area contributed by atoms with Gasteiger partial charge in [-0.1, -0.05) is 6.07 Å². The molecule has 2 aromatic rings. The van der Waals surface area contributed by atoms with Crippen molar-refractivity contribution < 1.29 is 0 Å². The van der Waals surface area contributed by atoms with Crippen LogP contribution in [0.4, 0.5) is 0 Å². The maximum Gasteiger partial charge on any atom is 0.0454 e. The Morgan fingerprint density at radius 3 is 2.74 bits per heavy atom. The molecule has 2 heterocycles. The maximum absolute atomic E-state index is 3.43. The summed E-state index contributed by atoms with van der Waals surface area (Å²) in [5.41, 5.74) is 2.88. The number of nitrogens with one attached hydrogen (secondary N) is 2. The van der Waals surface area contributed by atoms with Crippen LogP contribution in [0.3, 0.4) is 0 Å². The summed E-state index contributed by atoms with van der Waals surface area (Å²) in [4.78, 5) is 5.86. The van der Waals surface area contributed by atoms with Gasteiger partial charge < -0.3 is 10.3 Å². The number of aromatic nitrogens is 1. The molecule has 1 fully saturated rings. The van der Waals surface area contributed by atoms with E-state index in [2.05, 4.69) is 53.3 Å². The average Bonchev–Trinajstić information content (AvgIpc) is 2.87. The predicted molar refractivity (Wildman–Crippen MR) is 80.5 cm³/mol. The van der Waals surface area contributed by atoms with Crippen LogP contribution in [0.5, 0.6) is 0 Å². The van der Waals surface area contributed by atoms with E-state index in [1.54, 1.807) is 0 Å². The number of rotatable bonds is 3. The zero-order valence-corrected chi connectivity index (χ0v) is 11.9. The lowest BCUT2D eigenvalue weighted by Crippen LogP contribution is -2.54. The van der Waals surface area contributed by atoms with E-state index in [4.69, 9.17) is 0 Å². The standard InChI is InChI=1S/C16H23N3/c1-16(2,19-9-7-17-8-10-19)12-13-3-4-15-14(11-13)5-6-18-15/h3-6,11,17-18H,7-10,12H2,1-2H3. The normalized spacial score (nSPS) is 18.0. The molecule has 1 saturated heterocycles. The lowest BCUT2D eigenvalue weighted by atomic mass is 9.92. The van der Waals surface area contributed by atoms with E-state index in [1.807, 2.05) is 6.20 Å². The summed E-state index contributed by atoms with van der Waals surface area (Å²) in [7, 11) is 0. The van der Waals surface area contributed by atoms with Crippen molar-refractivity contribution in [1.82, 2.24) is 15.2 Å². The van der Waals surface area contributed by atoms with Crippen molar-refractivity contribution in [2.75, 3.05) is 26.2 Å². The molecule has 0 saturated carbocycles. The quantitative estimate of drug-likeness (QED) is 0.884. The topological polar surface area (TPSA) is 31.1 Å². The SMILES string of the molecule is CC(C)(Cc1ccc2[nH]ccc2c1)N1CCNCC1. The molecule has 0 amide bonds. The molecule has 102 valence electrons. The molecular weight excluding hydrogens is 234 g/mol. The lowest BCUT2D eigenvalue weighted by molar-refractivity contribution is 0.104. The number of nitrogens with zero attached hydrogens (tertiary/aromatic N) is 1. The Morgan fingerprint density at radius 2 is 1.95 bits per heavy atom. The number of benzene rings is 1. The van der Waals surface area contributed by atoms with Crippen LogP contribution in [0.25, 0.3) is 10.9 Å². The minimum Gasteiger partial charge on any atom is -0.361 e. The van der Waals surface area contributed by atoms with Crippen LogP contribution in [0.15, 0.2) is 30.5 Å². The monoisotopic (exact) mass is 257 g/mol. The van der Waals surface area contributed by atoms with Crippen molar-refractivity contribution in [3.05, 3.63) is 36.0 Å². The van der Waals surface area contributed by atoms with Crippen molar-refractivity contribution >= 4 is 10.9 Å². The second kappa shape index (κ2) is 4.99. The van der Waals surface area contributed by atoms with Crippen molar-refractivity contribution in [1.29, 1.82) is 0 Å². The molecule has 0 unspecified atom stereocenters. The third kappa shape index (κ3) is 2.67. The minimum absolute atomic E-state index is 0.228. The fourth-order valence-corrected chi connectivity index (χ4v) is 3.09. The molecule has 3 nitrogen and oxygen atoms in total. The highest BCUT2D eigenvalue weighted by molar-refractivity contribution is 5.79. The molecule has 1 aromatic heterocycles. The molecule has 3 rings (SSSR count). The summed E-state index contributed by atoms with van der Waals surface area (Å²) >= 11 is 0. The van der Waals surface area contributed by atoms with Gasteiger partial charge in [0, 0.05) is 43.4 Å². The average molecular weight is 257 g/mol. The largest absolute Gasteiger partial charge is 0.361 e. The lowest BCUT2D eigenvalue weighted by Gasteiger charge is -2.41. The summed E-state index contributed by atoms with van der Waals surface area (Å²) in [5, 5.41) is 4.74. The number of aromatic amines is 1. The van der Waals surface area contributed by atoms with Gasteiger partial charge in [0.1, 0.15) is 0 Å². The van der Waals surface area contributed by atoms with Crippen LogP contribution in [-0.4, -0.2) is 41.6 Å².